The average molecular weight is 491 g/mol. The minimum Gasteiger partial charge on any atom is -0.497 e. The Hall–Kier alpha value is -2.78. The predicted molar refractivity (Wildman–Crippen MR) is 120 cm³/mol. The first-order valence-corrected chi connectivity index (χ1v) is 10.6. The lowest BCUT2D eigenvalue weighted by molar-refractivity contribution is -0.145. The lowest BCUT2D eigenvalue weighted by Gasteiger charge is -2.08. The number of aliphatic imine (C=N–C) groups is 1. The van der Waals surface area contributed by atoms with E-state index in [2.05, 4.69) is 26.2 Å². The zero-order valence-electron chi connectivity index (χ0n) is 16.3. The molecule has 3 rings (SSSR count). The molecule has 0 radical (unpaired) electrons. The molecule has 156 valence electrons. The molecule has 1 aliphatic rings. The van der Waals surface area contributed by atoms with Crippen molar-refractivity contribution >= 4 is 56.5 Å². The number of hydrogen-bond donors (Lipinski definition) is 1. The molecule has 7 nitrogen and oxygen atoms in total. The Morgan fingerprint density at radius 1 is 1.23 bits per heavy atom. The van der Waals surface area contributed by atoms with E-state index in [0.29, 0.717) is 32.6 Å². The largest absolute Gasteiger partial charge is 0.497 e. The summed E-state index contributed by atoms with van der Waals surface area (Å²) in [5, 5.41) is 3.26. The van der Waals surface area contributed by atoms with Crippen molar-refractivity contribution in [2.75, 3.05) is 20.3 Å². The number of nitrogens with one attached hydrogen (secondary N) is 1. The highest BCUT2D eigenvalue weighted by Gasteiger charge is 2.24. The van der Waals surface area contributed by atoms with Crippen molar-refractivity contribution in [2.45, 2.75) is 6.92 Å². The molecule has 0 unspecified atom stereocenters. The Kier molecular flexibility index (Phi) is 7.53. The summed E-state index contributed by atoms with van der Waals surface area (Å²) in [6.45, 7) is 1.87. The summed E-state index contributed by atoms with van der Waals surface area (Å²) < 4.78 is 16.1. The van der Waals surface area contributed by atoms with Gasteiger partial charge in [-0.3, -0.25) is 4.79 Å². The quantitative estimate of drug-likeness (QED) is 0.460. The number of thioether (sulfide) groups is 1. The van der Waals surface area contributed by atoms with Gasteiger partial charge in [-0.15, -0.1) is 0 Å². The van der Waals surface area contributed by atoms with Gasteiger partial charge in [0.05, 0.1) is 28.8 Å². The van der Waals surface area contributed by atoms with Crippen LogP contribution in [-0.4, -0.2) is 37.4 Å². The number of ether oxygens (including phenoxy) is 3. The number of rotatable bonds is 7. The Morgan fingerprint density at radius 2 is 2.00 bits per heavy atom. The molecule has 1 heterocycles. The van der Waals surface area contributed by atoms with Crippen molar-refractivity contribution in [3.05, 3.63) is 57.4 Å². The minimum atomic E-state index is -0.432. The number of methoxy groups -OCH3 is 1. The molecule has 2 aromatic rings. The van der Waals surface area contributed by atoms with Crippen LogP contribution in [0.1, 0.15) is 12.5 Å². The third kappa shape index (κ3) is 5.87. The van der Waals surface area contributed by atoms with Gasteiger partial charge in [0, 0.05) is 0 Å². The van der Waals surface area contributed by atoms with Gasteiger partial charge in [0.1, 0.15) is 11.5 Å². The number of benzene rings is 2. The van der Waals surface area contributed by atoms with Crippen molar-refractivity contribution in [2.24, 2.45) is 4.99 Å². The van der Waals surface area contributed by atoms with Gasteiger partial charge in [0.2, 0.25) is 0 Å². The predicted octanol–water partition coefficient (Wildman–Crippen LogP) is 4.29. The van der Waals surface area contributed by atoms with Crippen LogP contribution in [-0.2, 0) is 14.3 Å². The third-order valence-corrected chi connectivity index (χ3v) is 5.39. The molecule has 0 bridgehead atoms. The topological polar surface area (TPSA) is 86.2 Å². The number of carbonyl (C=O) groups is 2. The lowest BCUT2D eigenvalue weighted by atomic mass is 10.2. The highest BCUT2D eigenvalue weighted by atomic mass is 79.9. The number of esters is 1. The number of halogens is 1. The number of hydrogen-bond acceptors (Lipinski definition) is 7. The van der Waals surface area contributed by atoms with Crippen LogP contribution in [0.5, 0.6) is 11.5 Å². The summed E-state index contributed by atoms with van der Waals surface area (Å²) in [6.07, 6.45) is 1.76. The van der Waals surface area contributed by atoms with Gasteiger partial charge >= 0.3 is 5.97 Å². The molecule has 0 saturated carbocycles. The first-order valence-electron chi connectivity index (χ1n) is 9.00. The molecule has 2 aromatic carbocycles. The molecule has 9 heteroatoms. The molecule has 1 fully saturated rings. The highest BCUT2D eigenvalue weighted by molar-refractivity contribution is 9.10. The van der Waals surface area contributed by atoms with Crippen molar-refractivity contribution in [1.29, 1.82) is 0 Å². The second-order valence-electron chi connectivity index (χ2n) is 5.96. The van der Waals surface area contributed by atoms with Gasteiger partial charge in [0.25, 0.3) is 5.91 Å². The Balaban J connectivity index is 1.68. The maximum atomic E-state index is 12.3. The average Bonchev–Trinajstić information content (AvgIpc) is 3.07. The van der Waals surface area contributed by atoms with E-state index in [9.17, 15) is 9.59 Å². The van der Waals surface area contributed by atoms with E-state index in [-0.39, 0.29) is 12.5 Å². The summed E-state index contributed by atoms with van der Waals surface area (Å²) in [5.74, 6) is 0.600. The summed E-state index contributed by atoms with van der Waals surface area (Å²) in [4.78, 5) is 28.7. The lowest BCUT2D eigenvalue weighted by Crippen LogP contribution is -2.19. The van der Waals surface area contributed by atoms with Gasteiger partial charge < -0.3 is 19.5 Å². The fourth-order valence-electron chi connectivity index (χ4n) is 2.47. The molecule has 1 N–H and O–H groups in total. The molecule has 1 saturated heterocycles. The van der Waals surface area contributed by atoms with Crippen molar-refractivity contribution in [1.82, 2.24) is 5.32 Å². The summed E-state index contributed by atoms with van der Waals surface area (Å²) >= 11 is 4.68. The van der Waals surface area contributed by atoms with E-state index < -0.39 is 5.97 Å². The molecule has 0 aliphatic carbocycles. The first-order chi connectivity index (χ1) is 14.5. The second kappa shape index (κ2) is 10.3. The Morgan fingerprint density at radius 3 is 2.67 bits per heavy atom. The van der Waals surface area contributed by atoms with Gasteiger partial charge in [-0.25, -0.2) is 9.79 Å². The smallest absolute Gasteiger partial charge is 0.344 e. The number of nitrogens with zero attached hydrogens (tertiary/aromatic N) is 1. The third-order valence-electron chi connectivity index (χ3n) is 3.86. The van der Waals surface area contributed by atoms with Crippen LogP contribution in [0.25, 0.3) is 6.08 Å². The fourth-order valence-corrected chi connectivity index (χ4v) is 3.82. The summed E-state index contributed by atoms with van der Waals surface area (Å²) in [6, 6.07) is 12.6. The maximum absolute atomic E-state index is 12.3. The van der Waals surface area contributed by atoms with E-state index in [1.807, 2.05) is 12.1 Å². The van der Waals surface area contributed by atoms with Crippen molar-refractivity contribution in [3.63, 3.8) is 0 Å². The monoisotopic (exact) mass is 490 g/mol. The van der Waals surface area contributed by atoms with Crippen molar-refractivity contribution in [3.8, 4) is 11.5 Å². The van der Waals surface area contributed by atoms with Crippen LogP contribution >= 0.6 is 27.7 Å². The zero-order chi connectivity index (χ0) is 21.5. The van der Waals surface area contributed by atoms with E-state index in [4.69, 9.17) is 14.2 Å². The van der Waals surface area contributed by atoms with Crippen LogP contribution in [0, 0.1) is 0 Å². The van der Waals surface area contributed by atoms with Crippen LogP contribution in [0.3, 0.4) is 0 Å². The molecular weight excluding hydrogens is 472 g/mol. The van der Waals surface area contributed by atoms with Gasteiger partial charge in [-0.05, 0) is 82.7 Å². The van der Waals surface area contributed by atoms with E-state index in [1.165, 1.54) is 11.8 Å². The van der Waals surface area contributed by atoms with Crippen LogP contribution in [0.2, 0.25) is 0 Å². The zero-order valence-corrected chi connectivity index (χ0v) is 18.7. The van der Waals surface area contributed by atoms with Crippen LogP contribution in [0.4, 0.5) is 5.69 Å². The van der Waals surface area contributed by atoms with E-state index in [0.717, 1.165) is 11.3 Å². The fraction of sp³-hybridized carbons (Fsp3) is 0.190. The standard InChI is InChI=1S/C21H19BrN2O5S/c1-3-28-19(25)12-29-17-9-4-13(10-16(17)22)11-18-20(26)24-21(30-18)23-14-5-7-15(27-2)8-6-14/h4-11H,3,12H2,1-2H3,(H,23,24,26)/b18-11+. The van der Waals surface area contributed by atoms with Gasteiger partial charge in [0.15, 0.2) is 11.8 Å². The molecular formula is C21H19BrN2O5S. The molecule has 0 aromatic heterocycles. The van der Waals surface area contributed by atoms with E-state index in [1.54, 1.807) is 50.4 Å². The van der Waals surface area contributed by atoms with Gasteiger partial charge in [-0.1, -0.05) is 6.07 Å². The minimum absolute atomic E-state index is 0.170. The van der Waals surface area contributed by atoms with Crippen LogP contribution < -0.4 is 14.8 Å². The number of amidine groups is 1. The Bertz CT molecular complexity index is 1000. The molecule has 0 spiro atoms. The highest BCUT2D eigenvalue weighted by Crippen LogP contribution is 2.31. The number of amides is 1. The van der Waals surface area contributed by atoms with E-state index >= 15 is 0 Å². The van der Waals surface area contributed by atoms with Crippen molar-refractivity contribution < 1.29 is 23.8 Å². The normalized spacial score (nSPS) is 15.9. The molecule has 1 amide bonds. The molecule has 1 aliphatic heterocycles. The maximum Gasteiger partial charge on any atom is 0.344 e. The summed E-state index contributed by atoms with van der Waals surface area (Å²) in [7, 11) is 1.60. The van der Waals surface area contributed by atoms with Crippen LogP contribution in [0.15, 0.2) is 56.8 Å². The molecule has 0 atom stereocenters. The SMILES string of the molecule is CCOC(=O)COc1ccc(/C=C2/SC(=Nc3ccc(OC)cc3)NC2=O)cc1Br. The Labute approximate surface area is 186 Å². The second-order valence-corrected chi connectivity index (χ2v) is 7.85. The molecule has 30 heavy (non-hydrogen) atoms. The number of carbonyl (C=O) groups excluding carboxylic acids is 2. The first kappa shape index (κ1) is 21.9. The summed E-state index contributed by atoms with van der Waals surface area (Å²) in [5.41, 5.74) is 1.51. The van der Waals surface area contributed by atoms with Gasteiger partial charge in [-0.2, -0.15) is 0 Å².